The molecule has 0 spiro atoms. The molecule has 4 aromatic rings. The average molecular weight is 422 g/mol. The molecule has 154 valence electrons. The van der Waals surface area contributed by atoms with Crippen molar-refractivity contribution >= 4 is 31.5 Å². The molecule has 0 fully saturated rings. The minimum Gasteiger partial charge on any atom is -0.448 e. The van der Waals surface area contributed by atoms with Gasteiger partial charge in [-0.3, -0.25) is 9.78 Å². The van der Waals surface area contributed by atoms with Crippen LogP contribution < -0.4 is 15.9 Å². The van der Waals surface area contributed by atoms with Crippen LogP contribution in [-0.4, -0.2) is 38.9 Å². The lowest BCUT2D eigenvalue weighted by molar-refractivity contribution is 0.0945. The van der Waals surface area contributed by atoms with E-state index < -0.39 is 0 Å². The summed E-state index contributed by atoms with van der Waals surface area (Å²) in [6, 6.07) is 11.8. The highest BCUT2D eigenvalue weighted by atomic mass is 31.0. The van der Waals surface area contributed by atoms with Crippen LogP contribution >= 0.6 is 9.24 Å². The van der Waals surface area contributed by atoms with Crippen LogP contribution in [0.25, 0.3) is 11.0 Å². The molecule has 0 aliphatic rings. The van der Waals surface area contributed by atoms with Crippen LogP contribution in [0.15, 0.2) is 53.3 Å². The zero-order valence-corrected chi connectivity index (χ0v) is 17.5. The molecule has 3 N–H and O–H groups in total. The molecule has 0 radical (unpaired) electrons. The third kappa shape index (κ3) is 5.09. The molecule has 4 rings (SSSR count). The van der Waals surface area contributed by atoms with E-state index >= 15 is 0 Å². The summed E-state index contributed by atoms with van der Waals surface area (Å²) >= 11 is 0. The fourth-order valence-corrected chi connectivity index (χ4v) is 3.32. The first kappa shape index (κ1) is 20.2. The van der Waals surface area contributed by atoms with Crippen molar-refractivity contribution in [2.75, 3.05) is 13.1 Å². The number of amides is 1. The molecule has 1 unspecified atom stereocenters. The van der Waals surface area contributed by atoms with Crippen LogP contribution in [0.4, 0.5) is 0 Å². The lowest BCUT2D eigenvalue weighted by Crippen LogP contribution is -2.26. The van der Waals surface area contributed by atoms with E-state index in [1.165, 1.54) is 6.26 Å². The smallest absolute Gasteiger partial charge is 0.273 e. The predicted octanol–water partition coefficient (Wildman–Crippen LogP) is 1.75. The summed E-state index contributed by atoms with van der Waals surface area (Å²) in [6.45, 7) is 1.82. The van der Waals surface area contributed by atoms with Crippen molar-refractivity contribution in [1.29, 1.82) is 0 Å². The largest absolute Gasteiger partial charge is 0.448 e. The Hall–Kier alpha value is -3.09. The van der Waals surface area contributed by atoms with E-state index in [0.717, 1.165) is 40.8 Å². The van der Waals surface area contributed by atoms with E-state index in [9.17, 15) is 4.79 Å². The number of para-hydroxylation sites is 2. The molecule has 30 heavy (non-hydrogen) atoms. The second-order valence-corrected chi connectivity index (χ2v) is 7.42. The van der Waals surface area contributed by atoms with Gasteiger partial charge in [0.15, 0.2) is 11.6 Å². The SMILES string of the molecule is O=C(NCc1ncccc1P)c1coc(CCNCCc2nc3ccccc3[nH]2)n1. The second-order valence-electron chi connectivity index (χ2n) is 6.80. The molecule has 9 heteroatoms. The first-order valence-corrected chi connectivity index (χ1v) is 10.3. The summed E-state index contributed by atoms with van der Waals surface area (Å²) in [5.41, 5.74) is 3.10. The molecule has 8 nitrogen and oxygen atoms in total. The number of hydrogen-bond donors (Lipinski definition) is 3. The fraction of sp³-hybridized carbons (Fsp3) is 0.238. The van der Waals surface area contributed by atoms with Gasteiger partial charge in [-0.2, -0.15) is 0 Å². The molecule has 3 aromatic heterocycles. The molecule has 3 heterocycles. The van der Waals surface area contributed by atoms with E-state index in [0.29, 0.717) is 25.4 Å². The third-order valence-electron chi connectivity index (χ3n) is 4.62. The van der Waals surface area contributed by atoms with Gasteiger partial charge in [-0.1, -0.05) is 18.2 Å². The van der Waals surface area contributed by atoms with Gasteiger partial charge in [0.25, 0.3) is 5.91 Å². The summed E-state index contributed by atoms with van der Waals surface area (Å²) in [6.07, 6.45) is 4.49. The second kappa shape index (κ2) is 9.61. The number of nitrogens with one attached hydrogen (secondary N) is 3. The van der Waals surface area contributed by atoms with Crippen molar-refractivity contribution in [2.24, 2.45) is 0 Å². The predicted molar refractivity (Wildman–Crippen MR) is 118 cm³/mol. The number of aromatic nitrogens is 4. The summed E-state index contributed by atoms with van der Waals surface area (Å²) in [5.74, 6) is 1.21. The normalized spacial score (nSPS) is 11.1. The number of oxazole rings is 1. The Morgan fingerprint density at radius 2 is 1.97 bits per heavy atom. The van der Waals surface area contributed by atoms with Gasteiger partial charge in [-0.25, -0.2) is 9.97 Å². The van der Waals surface area contributed by atoms with Gasteiger partial charge in [-0.15, -0.1) is 9.24 Å². The molecule has 1 aromatic carbocycles. The number of carbonyl (C=O) groups is 1. The number of pyridine rings is 1. The van der Waals surface area contributed by atoms with Gasteiger partial charge >= 0.3 is 0 Å². The maximum Gasteiger partial charge on any atom is 0.273 e. The number of carbonyl (C=O) groups excluding carboxylic acids is 1. The number of benzene rings is 1. The van der Waals surface area contributed by atoms with E-state index in [2.05, 4.69) is 39.8 Å². The van der Waals surface area contributed by atoms with Crippen LogP contribution in [-0.2, 0) is 19.4 Å². The van der Waals surface area contributed by atoms with Gasteiger partial charge in [0.2, 0.25) is 0 Å². The zero-order valence-electron chi connectivity index (χ0n) is 16.4. The summed E-state index contributed by atoms with van der Waals surface area (Å²) in [7, 11) is 2.61. The lowest BCUT2D eigenvalue weighted by atomic mass is 10.3. The third-order valence-corrected chi connectivity index (χ3v) is 5.14. The quantitative estimate of drug-likeness (QED) is 0.280. The van der Waals surface area contributed by atoms with Crippen LogP contribution in [0, 0.1) is 0 Å². The molecular weight excluding hydrogens is 399 g/mol. The number of fused-ring (bicyclic) bond motifs is 1. The Morgan fingerprint density at radius 1 is 1.10 bits per heavy atom. The Labute approximate surface area is 176 Å². The van der Waals surface area contributed by atoms with Crippen LogP contribution in [0.2, 0.25) is 0 Å². The molecular formula is C21H23N6O2P. The Balaban J connectivity index is 1.19. The van der Waals surface area contributed by atoms with Crippen molar-refractivity contribution in [3.63, 3.8) is 0 Å². The van der Waals surface area contributed by atoms with Gasteiger partial charge in [-0.05, 0) is 23.5 Å². The summed E-state index contributed by atoms with van der Waals surface area (Å²) in [5, 5.41) is 7.11. The maximum absolute atomic E-state index is 12.3. The first-order valence-electron chi connectivity index (χ1n) is 9.75. The molecule has 0 aliphatic carbocycles. The summed E-state index contributed by atoms with van der Waals surface area (Å²) < 4.78 is 5.42. The fourth-order valence-electron chi connectivity index (χ4n) is 3.03. The van der Waals surface area contributed by atoms with Gasteiger partial charge < -0.3 is 20.0 Å². The standard InChI is InChI=1S/C21H23N6O2P/c28-21(24-12-16-18(30)6-3-9-23-16)17-13-29-20(27-17)8-11-22-10-7-19-25-14-4-1-2-5-15(14)26-19/h1-6,9,13,22H,7-8,10-12,30H2,(H,24,28)(H,25,26). The highest BCUT2D eigenvalue weighted by Gasteiger charge is 2.12. The number of imidazole rings is 1. The summed E-state index contributed by atoms with van der Waals surface area (Å²) in [4.78, 5) is 28.6. The monoisotopic (exact) mass is 422 g/mol. The average Bonchev–Trinajstić information content (AvgIpc) is 3.39. The first-order chi connectivity index (χ1) is 14.7. The van der Waals surface area contributed by atoms with Crippen molar-refractivity contribution in [3.8, 4) is 0 Å². The molecule has 0 aliphatic heterocycles. The van der Waals surface area contributed by atoms with Crippen molar-refractivity contribution in [3.05, 3.63) is 72.0 Å². The zero-order chi connectivity index (χ0) is 20.8. The molecule has 0 saturated heterocycles. The number of nitrogens with zero attached hydrogens (tertiary/aromatic N) is 3. The van der Waals surface area contributed by atoms with Crippen molar-refractivity contribution in [1.82, 2.24) is 30.6 Å². The molecule has 1 atom stereocenters. The van der Waals surface area contributed by atoms with Crippen molar-refractivity contribution < 1.29 is 9.21 Å². The molecule has 0 bridgehead atoms. The topological polar surface area (TPSA) is 109 Å². The number of hydrogen-bond acceptors (Lipinski definition) is 6. The minimum atomic E-state index is -0.280. The number of aromatic amines is 1. The molecule has 0 saturated carbocycles. The number of rotatable bonds is 9. The van der Waals surface area contributed by atoms with Gasteiger partial charge in [0.1, 0.15) is 12.1 Å². The highest BCUT2D eigenvalue weighted by molar-refractivity contribution is 7.27. The molecule has 1 amide bonds. The van der Waals surface area contributed by atoms with E-state index in [4.69, 9.17) is 4.42 Å². The minimum absolute atomic E-state index is 0.272. The Bertz CT molecular complexity index is 1110. The number of H-pyrrole nitrogens is 1. The van der Waals surface area contributed by atoms with Crippen LogP contribution in [0.3, 0.4) is 0 Å². The van der Waals surface area contributed by atoms with Crippen molar-refractivity contribution in [2.45, 2.75) is 19.4 Å². The maximum atomic E-state index is 12.3. The van der Waals surface area contributed by atoms with E-state index in [1.54, 1.807) is 6.20 Å². The highest BCUT2D eigenvalue weighted by Crippen LogP contribution is 2.10. The van der Waals surface area contributed by atoms with Gasteiger partial charge in [0.05, 0.1) is 23.3 Å². The Morgan fingerprint density at radius 3 is 2.83 bits per heavy atom. The van der Waals surface area contributed by atoms with Crippen LogP contribution in [0.1, 0.15) is 27.9 Å². The lowest BCUT2D eigenvalue weighted by Gasteiger charge is -2.04. The van der Waals surface area contributed by atoms with Crippen LogP contribution in [0.5, 0.6) is 0 Å². The Kier molecular flexibility index (Phi) is 6.47. The van der Waals surface area contributed by atoms with Gasteiger partial charge in [0, 0.05) is 32.1 Å². The van der Waals surface area contributed by atoms with E-state index in [1.807, 2.05) is 36.4 Å². The van der Waals surface area contributed by atoms with E-state index in [-0.39, 0.29) is 11.6 Å².